The van der Waals surface area contributed by atoms with Gasteiger partial charge in [-0.05, 0) is 37.0 Å². The van der Waals surface area contributed by atoms with Gasteiger partial charge in [0.2, 0.25) is 0 Å². The van der Waals surface area contributed by atoms with Crippen LogP contribution in [0.4, 0.5) is 5.69 Å². The number of hydrogen-bond acceptors (Lipinski definition) is 2. The Morgan fingerprint density at radius 3 is 2.57 bits per heavy atom. The van der Waals surface area contributed by atoms with Crippen LogP contribution in [0.25, 0.3) is 0 Å². The molecule has 3 rings (SSSR count). The van der Waals surface area contributed by atoms with Crippen LogP contribution in [-0.2, 0) is 11.2 Å². The number of carbonyl (C=O) groups is 1. The summed E-state index contributed by atoms with van der Waals surface area (Å²) in [6.07, 6.45) is 2.01. The van der Waals surface area contributed by atoms with Gasteiger partial charge in [-0.15, -0.1) is 0 Å². The highest BCUT2D eigenvalue weighted by Crippen LogP contribution is 2.34. The van der Waals surface area contributed by atoms with Gasteiger partial charge in [0.05, 0.1) is 0 Å². The first-order chi connectivity index (χ1) is 10.2. The number of carboxylic acids is 1. The molecule has 0 amide bonds. The number of aliphatic carboxylic acids is 1. The molecular formula is C18H19NO2. The van der Waals surface area contributed by atoms with Gasteiger partial charge in [0, 0.05) is 12.2 Å². The molecule has 0 fully saturated rings. The maximum Gasteiger partial charge on any atom is 0.331 e. The largest absolute Gasteiger partial charge is 0.479 e. The van der Waals surface area contributed by atoms with Gasteiger partial charge < -0.3 is 10.0 Å². The van der Waals surface area contributed by atoms with E-state index in [1.54, 1.807) is 0 Å². The van der Waals surface area contributed by atoms with Crippen molar-refractivity contribution >= 4 is 11.7 Å². The van der Waals surface area contributed by atoms with Crippen LogP contribution in [0.1, 0.15) is 29.2 Å². The molecule has 0 spiro atoms. The van der Waals surface area contributed by atoms with Gasteiger partial charge in [0.15, 0.2) is 6.04 Å². The highest BCUT2D eigenvalue weighted by atomic mass is 16.4. The zero-order valence-corrected chi connectivity index (χ0v) is 12.1. The predicted molar refractivity (Wildman–Crippen MR) is 83.7 cm³/mol. The number of fused-ring (bicyclic) bond motifs is 1. The highest BCUT2D eigenvalue weighted by Gasteiger charge is 2.30. The molecule has 1 aliphatic heterocycles. The molecule has 1 unspecified atom stereocenters. The summed E-state index contributed by atoms with van der Waals surface area (Å²) in [4.78, 5) is 13.9. The van der Waals surface area contributed by atoms with Crippen LogP contribution in [0.5, 0.6) is 0 Å². The summed E-state index contributed by atoms with van der Waals surface area (Å²) in [6, 6.07) is 15.3. The normalized spacial score (nSPS) is 15.4. The van der Waals surface area contributed by atoms with Crippen LogP contribution in [-0.4, -0.2) is 17.6 Å². The van der Waals surface area contributed by atoms with Gasteiger partial charge in [-0.1, -0.05) is 48.0 Å². The van der Waals surface area contributed by atoms with Gasteiger partial charge in [-0.3, -0.25) is 0 Å². The lowest BCUT2D eigenvalue weighted by atomic mass is 9.96. The zero-order valence-electron chi connectivity index (χ0n) is 12.1. The molecule has 1 N–H and O–H groups in total. The Balaban J connectivity index is 2.03. The zero-order chi connectivity index (χ0) is 14.8. The fourth-order valence-corrected chi connectivity index (χ4v) is 3.04. The van der Waals surface area contributed by atoms with Crippen LogP contribution in [0, 0.1) is 6.92 Å². The number of hydrogen-bond donors (Lipinski definition) is 1. The van der Waals surface area contributed by atoms with Crippen molar-refractivity contribution in [3.8, 4) is 0 Å². The Bertz CT molecular complexity index is 649. The second-order valence-corrected chi connectivity index (χ2v) is 5.58. The highest BCUT2D eigenvalue weighted by molar-refractivity contribution is 5.81. The molecule has 1 aliphatic rings. The number of nitrogens with zero attached hydrogens (tertiary/aromatic N) is 1. The van der Waals surface area contributed by atoms with Crippen molar-refractivity contribution < 1.29 is 9.90 Å². The molecule has 2 aromatic rings. The average Bonchev–Trinajstić information content (AvgIpc) is 2.49. The fraction of sp³-hybridized carbons (Fsp3) is 0.278. The van der Waals surface area contributed by atoms with Crippen molar-refractivity contribution in [2.45, 2.75) is 25.8 Å². The summed E-state index contributed by atoms with van der Waals surface area (Å²) in [6.45, 7) is 2.79. The first-order valence-electron chi connectivity index (χ1n) is 7.31. The minimum absolute atomic E-state index is 0.618. The lowest BCUT2D eigenvalue weighted by Gasteiger charge is -2.36. The van der Waals surface area contributed by atoms with Crippen LogP contribution in [0.2, 0.25) is 0 Å². The van der Waals surface area contributed by atoms with Crippen molar-refractivity contribution in [2.24, 2.45) is 0 Å². The molecule has 21 heavy (non-hydrogen) atoms. The number of para-hydroxylation sites is 1. The van der Waals surface area contributed by atoms with Gasteiger partial charge in [0.25, 0.3) is 0 Å². The Morgan fingerprint density at radius 1 is 1.14 bits per heavy atom. The summed E-state index contributed by atoms with van der Waals surface area (Å²) in [5.74, 6) is -0.796. The standard InChI is InChI=1S/C18H19NO2/c1-13-8-10-15(11-9-13)17(18(20)21)19-12-4-6-14-5-2-3-7-16(14)19/h2-3,5,7-11,17H,4,6,12H2,1H3,(H,20,21). The number of anilines is 1. The Kier molecular flexibility index (Phi) is 3.65. The minimum Gasteiger partial charge on any atom is -0.479 e. The summed E-state index contributed by atoms with van der Waals surface area (Å²) in [5, 5.41) is 9.73. The second-order valence-electron chi connectivity index (χ2n) is 5.58. The van der Waals surface area contributed by atoms with Crippen molar-refractivity contribution in [1.29, 1.82) is 0 Å². The molecule has 1 atom stereocenters. The van der Waals surface area contributed by atoms with E-state index in [4.69, 9.17) is 0 Å². The molecule has 1 heterocycles. The Morgan fingerprint density at radius 2 is 1.86 bits per heavy atom. The van der Waals surface area contributed by atoms with Gasteiger partial charge in [-0.25, -0.2) is 4.79 Å². The quantitative estimate of drug-likeness (QED) is 0.935. The molecule has 0 saturated carbocycles. The molecule has 0 aliphatic carbocycles. The Hall–Kier alpha value is -2.29. The van der Waals surface area contributed by atoms with E-state index in [9.17, 15) is 9.90 Å². The molecule has 0 bridgehead atoms. The van der Waals surface area contributed by atoms with Gasteiger partial charge in [-0.2, -0.15) is 0 Å². The third-order valence-electron chi connectivity index (χ3n) is 4.08. The topological polar surface area (TPSA) is 40.5 Å². The first kappa shape index (κ1) is 13.7. The van der Waals surface area contributed by atoms with E-state index in [0.717, 1.165) is 36.2 Å². The number of carboxylic acid groups (broad SMARTS) is 1. The van der Waals surface area contributed by atoms with Gasteiger partial charge >= 0.3 is 5.97 Å². The SMILES string of the molecule is Cc1ccc(C(C(=O)O)N2CCCc3ccccc32)cc1. The molecule has 108 valence electrons. The number of benzene rings is 2. The molecule has 3 nitrogen and oxygen atoms in total. The monoisotopic (exact) mass is 281 g/mol. The predicted octanol–water partition coefficient (Wildman–Crippen LogP) is 3.57. The molecular weight excluding hydrogens is 262 g/mol. The molecule has 0 aromatic heterocycles. The summed E-state index contributed by atoms with van der Waals surface area (Å²) < 4.78 is 0. The lowest BCUT2D eigenvalue weighted by molar-refractivity contribution is -0.138. The first-order valence-corrected chi connectivity index (χ1v) is 7.31. The van der Waals surface area contributed by atoms with Crippen molar-refractivity contribution in [2.75, 3.05) is 11.4 Å². The second kappa shape index (κ2) is 5.60. The van der Waals surface area contributed by atoms with Crippen molar-refractivity contribution in [3.05, 3.63) is 65.2 Å². The average molecular weight is 281 g/mol. The lowest BCUT2D eigenvalue weighted by Crippen LogP contribution is -2.37. The van der Waals surface area contributed by atoms with Crippen LogP contribution in [0.15, 0.2) is 48.5 Å². The minimum atomic E-state index is -0.796. The maximum absolute atomic E-state index is 11.9. The van der Waals surface area contributed by atoms with E-state index < -0.39 is 12.0 Å². The van der Waals surface area contributed by atoms with E-state index in [2.05, 4.69) is 6.07 Å². The Labute approximate surface area is 124 Å². The summed E-state index contributed by atoms with van der Waals surface area (Å²) >= 11 is 0. The van der Waals surface area contributed by atoms with E-state index in [1.165, 1.54) is 5.56 Å². The maximum atomic E-state index is 11.9. The van der Waals surface area contributed by atoms with Crippen LogP contribution >= 0.6 is 0 Å². The summed E-state index contributed by atoms with van der Waals surface area (Å²) in [7, 11) is 0. The number of aryl methyl sites for hydroxylation is 2. The van der Waals surface area contributed by atoms with E-state index in [-0.39, 0.29) is 0 Å². The smallest absolute Gasteiger partial charge is 0.331 e. The fourth-order valence-electron chi connectivity index (χ4n) is 3.04. The van der Waals surface area contributed by atoms with E-state index in [1.807, 2.05) is 54.3 Å². The summed E-state index contributed by atoms with van der Waals surface area (Å²) in [5.41, 5.74) is 4.27. The molecule has 0 radical (unpaired) electrons. The third-order valence-corrected chi connectivity index (χ3v) is 4.08. The van der Waals surface area contributed by atoms with E-state index in [0.29, 0.717) is 0 Å². The van der Waals surface area contributed by atoms with E-state index >= 15 is 0 Å². The van der Waals surface area contributed by atoms with Crippen LogP contribution in [0.3, 0.4) is 0 Å². The molecule has 2 aromatic carbocycles. The molecule has 0 saturated heterocycles. The number of rotatable bonds is 3. The van der Waals surface area contributed by atoms with Crippen molar-refractivity contribution in [1.82, 2.24) is 0 Å². The van der Waals surface area contributed by atoms with Gasteiger partial charge in [0.1, 0.15) is 0 Å². The third kappa shape index (κ3) is 2.64. The van der Waals surface area contributed by atoms with Crippen molar-refractivity contribution in [3.63, 3.8) is 0 Å². The molecule has 3 heteroatoms. The van der Waals surface area contributed by atoms with Crippen LogP contribution < -0.4 is 4.90 Å².